The van der Waals surface area contributed by atoms with Gasteiger partial charge in [-0.3, -0.25) is 0 Å². The third kappa shape index (κ3) is 8.87. The van der Waals surface area contributed by atoms with Crippen LogP contribution in [0.3, 0.4) is 0 Å². The van der Waals surface area contributed by atoms with Gasteiger partial charge in [-0.2, -0.15) is 0 Å². The van der Waals surface area contributed by atoms with Crippen molar-refractivity contribution in [2.24, 2.45) is 11.8 Å². The lowest BCUT2D eigenvalue weighted by molar-refractivity contribution is 0.308. The predicted octanol–water partition coefficient (Wildman–Crippen LogP) is 12.1. The second kappa shape index (κ2) is 15.6. The molecule has 0 amide bonds. The quantitative estimate of drug-likeness (QED) is 0.227. The molecule has 2 aliphatic rings. The van der Waals surface area contributed by atoms with Crippen molar-refractivity contribution in [2.75, 3.05) is 0 Å². The standard InChI is InChI=1S/C37H54/c1-3-5-6-7-8-9-10-11-13-31-16-20-33(21-17-31)35-24-28-37(29-25-35)36-26-22-34(23-27-36)32-18-14-30(12-4-2)15-19-32/h20,22-32H,3-19,21H2,1-2H3. The van der Waals surface area contributed by atoms with Gasteiger partial charge in [0, 0.05) is 0 Å². The van der Waals surface area contributed by atoms with Crippen molar-refractivity contribution in [3.8, 4) is 11.1 Å². The van der Waals surface area contributed by atoms with E-state index in [2.05, 4.69) is 68.5 Å². The van der Waals surface area contributed by atoms with Crippen molar-refractivity contribution >= 4 is 5.57 Å². The molecule has 0 spiro atoms. The average molecular weight is 499 g/mol. The molecule has 0 radical (unpaired) electrons. The third-order valence-corrected chi connectivity index (χ3v) is 9.50. The molecule has 202 valence electrons. The normalized spacial score (nSPS) is 22.1. The Morgan fingerprint density at radius 3 is 1.73 bits per heavy atom. The van der Waals surface area contributed by atoms with E-state index in [0.717, 1.165) is 17.8 Å². The summed E-state index contributed by atoms with van der Waals surface area (Å²) in [7, 11) is 0. The van der Waals surface area contributed by atoms with E-state index < -0.39 is 0 Å². The van der Waals surface area contributed by atoms with Gasteiger partial charge in [-0.1, -0.05) is 139 Å². The van der Waals surface area contributed by atoms with Crippen LogP contribution < -0.4 is 0 Å². The van der Waals surface area contributed by atoms with Crippen LogP contribution in [0.4, 0.5) is 0 Å². The maximum absolute atomic E-state index is 2.55. The Kier molecular flexibility index (Phi) is 11.9. The second-order valence-electron chi connectivity index (χ2n) is 12.3. The summed E-state index contributed by atoms with van der Waals surface area (Å²) in [4.78, 5) is 0. The van der Waals surface area contributed by atoms with Crippen LogP contribution in [0, 0.1) is 11.8 Å². The molecule has 2 aromatic rings. The van der Waals surface area contributed by atoms with Gasteiger partial charge in [-0.05, 0) is 90.5 Å². The highest BCUT2D eigenvalue weighted by molar-refractivity contribution is 5.71. The van der Waals surface area contributed by atoms with E-state index >= 15 is 0 Å². The van der Waals surface area contributed by atoms with Gasteiger partial charge in [0.05, 0.1) is 0 Å². The van der Waals surface area contributed by atoms with Gasteiger partial charge >= 0.3 is 0 Å². The van der Waals surface area contributed by atoms with Crippen LogP contribution in [-0.4, -0.2) is 0 Å². The molecular formula is C37H54. The molecule has 0 N–H and O–H groups in total. The Morgan fingerprint density at radius 1 is 0.541 bits per heavy atom. The van der Waals surface area contributed by atoms with Gasteiger partial charge in [-0.25, -0.2) is 0 Å². The number of allylic oxidation sites excluding steroid dienone is 2. The van der Waals surface area contributed by atoms with E-state index in [9.17, 15) is 0 Å². The molecular weight excluding hydrogens is 444 g/mol. The molecule has 0 nitrogen and oxygen atoms in total. The third-order valence-electron chi connectivity index (χ3n) is 9.50. The van der Waals surface area contributed by atoms with Gasteiger partial charge in [0.25, 0.3) is 0 Å². The van der Waals surface area contributed by atoms with Crippen molar-refractivity contribution in [1.29, 1.82) is 0 Å². The Morgan fingerprint density at radius 2 is 1.14 bits per heavy atom. The summed E-state index contributed by atoms with van der Waals surface area (Å²) < 4.78 is 0. The first-order chi connectivity index (χ1) is 18.3. The molecule has 37 heavy (non-hydrogen) atoms. The van der Waals surface area contributed by atoms with E-state index in [-0.39, 0.29) is 0 Å². The topological polar surface area (TPSA) is 0 Å². The molecule has 0 aromatic heterocycles. The van der Waals surface area contributed by atoms with Crippen LogP contribution in [0.25, 0.3) is 16.7 Å². The van der Waals surface area contributed by atoms with Crippen molar-refractivity contribution in [3.05, 3.63) is 65.7 Å². The van der Waals surface area contributed by atoms with Crippen LogP contribution in [0.15, 0.2) is 54.6 Å². The molecule has 0 aliphatic heterocycles. The summed E-state index contributed by atoms with van der Waals surface area (Å²) in [6.07, 6.45) is 27.8. The van der Waals surface area contributed by atoms with Gasteiger partial charge in [0.1, 0.15) is 0 Å². The minimum Gasteiger partial charge on any atom is -0.0804 e. The Balaban J connectivity index is 1.20. The fraction of sp³-hybridized carbons (Fsp3) is 0.622. The largest absolute Gasteiger partial charge is 0.0804 e. The molecule has 2 aromatic carbocycles. The molecule has 0 heterocycles. The molecule has 4 rings (SSSR count). The highest BCUT2D eigenvalue weighted by Crippen LogP contribution is 2.38. The zero-order chi connectivity index (χ0) is 25.7. The lowest BCUT2D eigenvalue weighted by Crippen LogP contribution is -2.13. The highest BCUT2D eigenvalue weighted by atomic mass is 14.3. The highest BCUT2D eigenvalue weighted by Gasteiger charge is 2.21. The minimum absolute atomic E-state index is 0.780. The summed E-state index contributed by atoms with van der Waals surface area (Å²) in [6, 6.07) is 18.9. The van der Waals surface area contributed by atoms with Crippen molar-refractivity contribution < 1.29 is 0 Å². The van der Waals surface area contributed by atoms with E-state index in [1.165, 1.54) is 132 Å². The first-order valence-corrected chi connectivity index (χ1v) is 16.2. The first-order valence-electron chi connectivity index (χ1n) is 16.2. The number of hydrogen-bond donors (Lipinski definition) is 0. The van der Waals surface area contributed by atoms with Gasteiger partial charge in [-0.15, -0.1) is 0 Å². The Bertz CT molecular complexity index is 908. The zero-order valence-electron chi connectivity index (χ0n) is 24.2. The van der Waals surface area contributed by atoms with Crippen LogP contribution in [0.1, 0.15) is 146 Å². The van der Waals surface area contributed by atoms with Crippen LogP contribution >= 0.6 is 0 Å². The van der Waals surface area contributed by atoms with E-state index in [1.807, 2.05) is 0 Å². The summed E-state index contributed by atoms with van der Waals surface area (Å²) in [6.45, 7) is 4.63. The SMILES string of the molecule is CCCCCCCCCCC1CC=C(c2ccc(-c3ccc(C4CCC(CCC)CC4)cc3)cc2)CC1. The van der Waals surface area contributed by atoms with Crippen molar-refractivity contribution in [2.45, 2.75) is 135 Å². The van der Waals surface area contributed by atoms with Crippen molar-refractivity contribution in [3.63, 3.8) is 0 Å². The zero-order valence-corrected chi connectivity index (χ0v) is 24.2. The smallest absolute Gasteiger partial charge is 0.0162 e. The Labute approximate surface area is 229 Å². The average Bonchev–Trinajstić information content (AvgIpc) is 2.96. The first kappa shape index (κ1) is 28.2. The number of benzene rings is 2. The van der Waals surface area contributed by atoms with E-state index in [0.29, 0.717) is 0 Å². The monoisotopic (exact) mass is 498 g/mol. The summed E-state index contributed by atoms with van der Waals surface area (Å²) in [5.74, 6) is 2.68. The molecule has 1 fully saturated rings. The van der Waals surface area contributed by atoms with Gasteiger partial charge in [0.2, 0.25) is 0 Å². The summed E-state index contributed by atoms with van der Waals surface area (Å²) >= 11 is 0. The van der Waals surface area contributed by atoms with Crippen LogP contribution in [0.5, 0.6) is 0 Å². The lowest BCUT2D eigenvalue weighted by atomic mass is 9.77. The molecule has 0 heteroatoms. The summed E-state index contributed by atoms with van der Waals surface area (Å²) in [5, 5.41) is 0. The second-order valence-corrected chi connectivity index (χ2v) is 12.3. The minimum atomic E-state index is 0.780. The molecule has 0 bridgehead atoms. The molecule has 1 saturated carbocycles. The number of hydrogen-bond acceptors (Lipinski definition) is 0. The summed E-state index contributed by atoms with van der Waals surface area (Å²) in [5.41, 5.74) is 7.29. The molecule has 2 aliphatic carbocycles. The fourth-order valence-corrected chi connectivity index (χ4v) is 7.00. The molecule has 1 atom stereocenters. The van der Waals surface area contributed by atoms with Crippen LogP contribution in [-0.2, 0) is 0 Å². The fourth-order valence-electron chi connectivity index (χ4n) is 7.00. The maximum atomic E-state index is 2.55. The maximum Gasteiger partial charge on any atom is -0.0162 e. The molecule has 0 saturated heterocycles. The van der Waals surface area contributed by atoms with Crippen LogP contribution in [0.2, 0.25) is 0 Å². The van der Waals surface area contributed by atoms with E-state index in [4.69, 9.17) is 0 Å². The van der Waals surface area contributed by atoms with E-state index in [1.54, 1.807) is 11.1 Å². The van der Waals surface area contributed by atoms with Gasteiger partial charge < -0.3 is 0 Å². The molecule has 1 unspecified atom stereocenters. The number of rotatable bonds is 14. The predicted molar refractivity (Wildman–Crippen MR) is 164 cm³/mol. The number of unbranched alkanes of at least 4 members (excludes halogenated alkanes) is 7. The van der Waals surface area contributed by atoms with Gasteiger partial charge in [0.15, 0.2) is 0 Å². The van der Waals surface area contributed by atoms with Crippen molar-refractivity contribution in [1.82, 2.24) is 0 Å². The Hall–Kier alpha value is -1.82. The lowest BCUT2D eigenvalue weighted by Gasteiger charge is -2.28.